The van der Waals surface area contributed by atoms with E-state index in [0.717, 1.165) is 45.1 Å². The Bertz CT molecular complexity index is 889. The van der Waals surface area contributed by atoms with Crippen LogP contribution in [-0.2, 0) is 13.0 Å². The second kappa shape index (κ2) is 12.2. The molecule has 1 aliphatic carbocycles. The number of hydrogen-bond acceptors (Lipinski definition) is 3. The Labute approximate surface area is 197 Å². The smallest absolute Gasteiger partial charge is 0.254 e. The number of benzene rings is 2. The van der Waals surface area contributed by atoms with Crippen molar-refractivity contribution < 1.29 is 9.90 Å². The van der Waals surface area contributed by atoms with Crippen LogP contribution in [0, 0.1) is 0 Å². The number of halogens is 1. The maximum absolute atomic E-state index is 13.2. The number of aryl methyl sites for hydroxylation is 1. The van der Waals surface area contributed by atoms with Crippen LogP contribution in [-0.4, -0.2) is 42.2 Å². The molecule has 2 aromatic rings. The van der Waals surface area contributed by atoms with Crippen molar-refractivity contribution in [2.45, 2.75) is 57.0 Å². The Morgan fingerprint density at radius 3 is 2.53 bits per heavy atom. The minimum Gasteiger partial charge on any atom is -0.396 e. The normalized spacial score (nSPS) is 18.3. The molecule has 32 heavy (non-hydrogen) atoms. The Morgan fingerprint density at radius 1 is 1.19 bits per heavy atom. The van der Waals surface area contributed by atoms with Crippen molar-refractivity contribution in [3.8, 4) is 0 Å². The average Bonchev–Trinajstić information content (AvgIpc) is 2.82. The van der Waals surface area contributed by atoms with Crippen molar-refractivity contribution in [2.75, 3.05) is 20.2 Å². The zero-order valence-electron chi connectivity index (χ0n) is 19.0. The molecule has 1 saturated carbocycles. The molecule has 1 aliphatic rings. The molecule has 0 spiro atoms. The summed E-state index contributed by atoms with van der Waals surface area (Å²) >= 11 is 5.99. The van der Waals surface area contributed by atoms with Gasteiger partial charge in [0, 0.05) is 36.3 Å². The largest absolute Gasteiger partial charge is 0.396 e. The molecule has 0 unspecified atom stereocenters. The standard InChI is InChI=1S/C27H35ClN2O2/c1-3-16-30(27(32)22-7-11-24(28)12-8-22)25-13-9-21(10-14-25)26-15-6-20(5-4-17-31)18-23(26)19-29-2/h3,6-8,11-12,15,18,21,25,29,31H,1,4-5,9-10,13-14,16-17,19H2,2H3. The third-order valence-electron chi connectivity index (χ3n) is 6.45. The summed E-state index contributed by atoms with van der Waals surface area (Å²) < 4.78 is 0. The lowest BCUT2D eigenvalue weighted by Gasteiger charge is -2.37. The fourth-order valence-corrected chi connectivity index (χ4v) is 4.96. The molecular weight excluding hydrogens is 420 g/mol. The van der Waals surface area contributed by atoms with Crippen LogP contribution in [0.1, 0.15) is 65.1 Å². The molecule has 0 radical (unpaired) electrons. The van der Waals surface area contributed by atoms with E-state index in [9.17, 15) is 4.79 Å². The third-order valence-corrected chi connectivity index (χ3v) is 6.71. The van der Waals surface area contributed by atoms with E-state index in [2.05, 4.69) is 30.1 Å². The molecule has 0 aliphatic heterocycles. The number of rotatable bonds is 10. The predicted octanol–water partition coefficient (Wildman–Crippen LogP) is 5.34. The lowest BCUT2D eigenvalue weighted by Crippen LogP contribution is -2.42. The molecule has 1 fully saturated rings. The summed E-state index contributed by atoms with van der Waals surface area (Å²) in [5, 5.41) is 13.1. The summed E-state index contributed by atoms with van der Waals surface area (Å²) in [6.45, 7) is 5.50. The van der Waals surface area contributed by atoms with Gasteiger partial charge in [-0.05, 0) is 92.4 Å². The van der Waals surface area contributed by atoms with E-state index < -0.39 is 0 Å². The number of nitrogens with one attached hydrogen (secondary N) is 1. The van der Waals surface area contributed by atoms with Crippen LogP contribution in [0.3, 0.4) is 0 Å². The minimum absolute atomic E-state index is 0.0501. The van der Waals surface area contributed by atoms with Gasteiger partial charge in [-0.15, -0.1) is 6.58 Å². The van der Waals surface area contributed by atoms with Crippen molar-refractivity contribution in [1.82, 2.24) is 10.2 Å². The average molecular weight is 455 g/mol. The second-order valence-corrected chi connectivity index (χ2v) is 9.09. The molecular formula is C27H35ClN2O2. The fourth-order valence-electron chi connectivity index (χ4n) is 4.83. The highest BCUT2D eigenvalue weighted by atomic mass is 35.5. The molecule has 2 aromatic carbocycles. The minimum atomic E-state index is 0.0501. The Hall–Kier alpha value is -2.14. The zero-order chi connectivity index (χ0) is 22.9. The van der Waals surface area contributed by atoms with Crippen LogP contribution in [0.4, 0.5) is 0 Å². The zero-order valence-corrected chi connectivity index (χ0v) is 19.8. The van der Waals surface area contributed by atoms with E-state index in [4.69, 9.17) is 16.7 Å². The van der Waals surface area contributed by atoms with Crippen LogP contribution < -0.4 is 5.32 Å². The molecule has 172 valence electrons. The van der Waals surface area contributed by atoms with Gasteiger partial charge in [0.05, 0.1) is 0 Å². The van der Waals surface area contributed by atoms with E-state index in [1.807, 2.05) is 18.0 Å². The number of aliphatic hydroxyl groups excluding tert-OH is 1. The van der Waals surface area contributed by atoms with Gasteiger partial charge in [-0.2, -0.15) is 0 Å². The number of carbonyl (C=O) groups excluding carboxylic acids is 1. The van der Waals surface area contributed by atoms with Gasteiger partial charge in [-0.1, -0.05) is 35.9 Å². The molecule has 3 rings (SSSR count). The number of amides is 1. The molecule has 2 N–H and O–H groups in total. The highest BCUT2D eigenvalue weighted by Crippen LogP contribution is 2.37. The van der Waals surface area contributed by atoms with Gasteiger partial charge in [-0.25, -0.2) is 0 Å². The summed E-state index contributed by atoms with van der Waals surface area (Å²) in [4.78, 5) is 15.1. The van der Waals surface area contributed by atoms with Crippen molar-refractivity contribution in [1.29, 1.82) is 0 Å². The van der Waals surface area contributed by atoms with Crippen molar-refractivity contribution in [2.24, 2.45) is 0 Å². The monoisotopic (exact) mass is 454 g/mol. The Morgan fingerprint density at radius 2 is 1.91 bits per heavy atom. The lowest BCUT2D eigenvalue weighted by molar-refractivity contribution is 0.0655. The molecule has 1 amide bonds. The highest BCUT2D eigenvalue weighted by molar-refractivity contribution is 6.30. The summed E-state index contributed by atoms with van der Waals surface area (Å²) in [5.74, 6) is 0.562. The summed E-state index contributed by atoms with van der Waals surface area (Å²) in [7, 11) is 1.98. The molecule has 4 nitrogen and oxygen atoms in total. The maximum Gasteiger partial charge on any atom is 0.254 e. The molecule has 0 aromatic heterocycles. The van der Waals surface area contributed by atoms with Crippen LogP contribution in [0.2, 0.25) is 5.02 Å². The van der Waals surface area contributed by atoms with Gasteiger partial charge < -0.3 is 15.3 Å². The second-order valence-electron chi connectivity index (χ2n) is 8.65. The van der Waals surface area contributed by atoms with Gasteiger partial charge in [0.25, 0.3) is 5.91 Å². The molecule has 0 bridgehead atoms. The lowest BCUT2D eigenvalue weighted by atomic mass is 9.79. The van der Waals surface area contributed by atoms with E-state index in [-0.39, 0.29) is 18.6 Å². The maximum atomic E-state index is 13.2. The first-order valence-electron chi connectivity index (χ1n) is 11.6. The topological polar surface area (TPSA) is 52.6 Å². The molecule has 0 saturated heterocycles. The van der Waals surface area contributed by atoms with Crippen LogP contribution in [0.5, 0.6) is 0 Å². The predicted molar refractivity (Wildman–Crippen MR) is 132 cm³/mol. The van der Waals surface area contributed by atoms with Crippen LogP contribution in [0.25, 0.3) is 0 Å². The van der Waals surface area contributed by atoms with Gasteiger partial charge >= 0.3 is 0 Å². The van der Waals surface area contributed by atoms with Crippen LogP contribution in [0.15, 0.2) is 55.1 Å². The van der Waals surface area contributed by atoms with E-state index in [1.54, 1.807) is 24.3 Å². The van der Waals surface area contributed by atoms with Gasteiger partial charge in [0.1, 0.15) is 0 Å². The Balaban J connectivity index is 1.70. The van der Waals surface area contributed by atoms with Gasteiger partial charge in [-0.3, -0.25) is 4.79 Å². The van der Waals surface area contributed by atoms with Crippen molar-refractivity contribution >= 4 is 17.5 Å². The van der Waals surface area contributed by atoms with E-state index in [0.29, 0.717) is 23.0 Å². The highest BCUT2D eigenvalue weighted by Gasteiger charge is 2.30. The van der Waals surface area contributed by atoms with Crippen LogP contribution >= 0.6 is 11.6 Å². The summed E-state index contributed by atoms with van der Waals surface area (Å²) in [5.41, 5.74) is 4.73. The first-order valence-corrected chi connectivity index (χ1v) is 12.0. The Kier molecular flexibility index (Phi) is 9.34. The summed E-state index contributed by atoms with van der Waals surface area (Å²) in [6.07, 6.45) is 7.63. The van der Waals surface area contributed by atoms with Crippen molar-refractivity contribution in [3.05, 3.63) is 82.4 Å². The quantitative estimate of drug-likeness (QED) is 0.476. The molecule has 0 atom stereocenters. The fraction of sp³-hybridized carbons (Fsp3) is 0.444. The molecule has 5 heteroatoms. The summed E-state index contributed by atoms with van der Waals surface area (Å²) in [6, 6.07) is 14.2. The number of hydrogen-bond donors (Lipinski definition) is 2. The molecule has 0 heterocycles. The third kappa shape index (κ3) is 6.22. The first-order chi connectivity index (χ1) is 15.6. The number of nitrogens with zero attached hydrogens (tertiary/aromatic N) is 1. The van der Waals surface area contributed by atoms with E-state index >= 15 is 0 Å². The number of aliphatic hydroxyl groups is 1. The van der Waals surface area contributed by atoms with Gasteiger partial charge in [0.2, 0.25) is 0 Å². The van der Waals surface area contributed by atoms with Gasteiger partial charge in [0.15, 0.2) is 0 Å². The van der Waals surface area contributed by atoms with Crippen molar-refractivity contribution in [3.63, 3.8) is 0 Å². The SMILES string of the molecule is C=CCN(C(=O)c1ccc(Cl)cc1)C1CCC(c2ccc(CCCO)cc2CNC)CC1. The number of carbonyl (C=O) groups is 1. The first kappa shape index (κ1) is 24.5. The van der Waals surface area contributed by atoms with E-state index in [1.165, 1.54) is 16.7 Å².